The van der Waals surface area contributed by atoms with E-state index in [1.54, 1.807) is 0 Å². The standard InChI is InChI=1S/C9H19NO/c1-8-3-5-9(10,7-8)4-2-6-11/h8,11H,2-7,10H2,1H3. The van der Waals surface area contributed by atoms with Crippen molar-refractivity contribution in [2.45, 2.75) is 44.6 Å². The number of rotatable bonds is 3. The second-order valence-corrected chi connectivity index (χ2v) is 4.04. The van der Waals surface area contributed by atoms with E-state index in [4.69, 9.17) is 10.8 Å². The number of aliphatic hydroxyl groups excluding tert-OH is 1. The molecule has 0 spiro atoms. The summed E-state index contributed by atoms with van der Waals surface area (Å²) >= 11 is 0. The molecule has 11 heavy (non-hydrogen) atoms. The summed E-state index contributed by atoms with van der Waals surface area (Å²) in [7, 11) is 0. The number of aliphatic hydroxyl groups is 1. The van der Waals surface area contributed by atoms with E-state index in [1.165, 1.54) is 6.42 Å². The molecule has 0 aromatic heterocycles. The molecule has 1 saturated carbocycles. The van der Waals surface area contributed by atoms with Crippen molar-refractivity contribution in [1.29, 1.82) is 0 Å². The molecule has 0 bridgehead atoms. The van der Waals surface area contributed by atoms with E-state index in [9.17, 15) is 0 Å². The third-order valence-electron chi connectivity index (χ3n) is 2.72. The fraction of sp³-hybridized carbons (Fsp3) is 1.00. The molecular formula is C9H19NO. The average Bonchev–Trinajstić information content (AvgIpc) is 2.28. The van der Waals surface area contributed by atoms with Crippen LogP contribution in [0.4, 0.5) is 0 Å². The molecule has 3 N–H and O–H groups in total. The molecule has 66 valence electrons. The summed E-state index contributed by atoms with van der Waals surface area (Å²) < 4.78 is 0. The van der Waals surface area contributed by atoms with Crippen LogP contribution < -0.4 is 5.73 Å². The van der Waals surface area contributed by atoms with E-state index < -0.39 is 0 Å². The van der Waals surface area contributed by atoms with Gasteiger partial charge in [-0.25, -0.2) is 0 Å². The van der Waals surface area contributed by atoms with E-state index >= 15 is 0 Å². The first kappa shape index (κ1) is 9.01. The summed E-state index contributed by atoms with van der Waals surface area (Å²) in [6.07, 6.45) is 5.42. The largest absolute Gasteiger partial charge is 0.396 e. The van der Waals surface area contributed by atoms with Gasteiger partial charge in [0, 0.05) is 12.1 Å². The fourth-order valence-electron chi connectivity index (χ4n) is 2.09. The predicted molar refractivity (Wildman–Crippen MR) is 46.3 cm³/mol. The van der Waals surface area contributed by atoms with Gasteiger partial charge in [0.05, 0.1) is 0 Å². The van der Waals surface area contributed by atoms with Crippen molar-refractivity contribution in [2.75, 3.05) is 6.61 Å². The summed E-state index contributed by atoms with van der Waals surface area (Å²) in [5.41, 5.74) is 6.18. The molecule has 0 amide bonds. The molecule has 2 unspecified atom stereocenters. The smallest absolute Gasteiger partial charge is 0.0431 e. The van der Waals surface area contributed by atoms with Gasteiger partial charge in [-0.05, 0) is 38.0 Å². The Kier molecular flexibility index (Phi) is 2.90. The maximum Gasteiger partial charge on any atom is 0.0431 e. The molecule has 2 heteroatoms. The van der Waals surface area contributed by atoms with Crippen LogP contribution in [0.15, 0.2) is 0 Å². The third-order valence-corrected chi connectivity index (χ3v) is 2.72. The molecule has 1 aliphatic carbocycles. The second kappa shape index (κ2) is 3.55. The van der Waals surface area contributed by atoms with Gasteiger partial charge in [0.25, 0.3) is 0 Å². The van der Waals surface area contributed by atoms with Crippen molar-refractivity contribution in [3.8, 4) is 0 Å². The van der Waals surface area contributed by atoms with Crippen LogP contribution in [0.3, 0.4) is 0 Å². The van der Waals surface area contributed by atoms with Gasteiger partial charge in [0.1, 0.15) is 0 Å². The molecule has 0 saturated heterocycles. The van der Waals surface area contributed by atoms with Crippen LogP contribution in [-0.2, 0) is 0 Å². The lowest BCUT2D eigenvalue weighted by Crippen LogP contribution is -2.36. The minimum absolute atomic E-state index is 0.0577. The molecule has 1 rings (SSSR count). The van der Waals surface area contributed by atoms with E-state index in [0.717, 1.165) is 31.6 Å². The molecule has 0 aromatic carbocycles. The normalized spacial score (nSPS) is 37.9. The van der Waals surface area contributed by atoms with Crippen molar-refractivity contribution in [3.05, 3.63) is 0 Å². The lowest BCUT2D eigenvalue weighted by Gasteiger charge is -2.23. The highest BCUT2D eigenvalue weighted by Gasteiger charge is 2.32. The van der Waals surface area contributed by atoms with Gasteiger partial charge >= 0.3 is 0 Å². The van der Waals surface area contributed by atoms with Gasteiger partial charge in [-0.2, -0.15) is 0 Å². The third kappa shape index (κ3) is 2.46. The van der Waals surface area contributed by atoms with Gasteiger partial charge in [0.15, 0.2) is 0 Å². The maximum atomic E-state index is 8.65. The fourth-order valence-corrected chi connectivity index (χ4v) is 2.09. The first-order valence-electron chi connectivity index (χ1n) is 4.56. The molecule has 2 atom stereocenters. The molecule has 0 heterocycles. The predicted octanol–water partition coefficient (Wildman–Crippen LogP) is 1.28. The molecule has 0 radical (unpaired) electrons. The molecule has 0 aromatic rings. The Morgan fingerprint density at radius 1 is 1.64 bits per heavy atom. The number of hydrogen-bond acceptors (Lipinski definition) is 2. The summed E-state index contributed by atoms with van der Waals surface area (Å²) in [6, 6.07) is 0. The monoisotopic (exact) mass is 157 g/mol. The van der Waals surface area contributed by atoms with E-state index in [1.807, 2.05) is 0 Å². The topological polar surface area (TPSA) is 46.2 Å². The Hall–Kier alpha value is -0.0800. The summed E-state index contributed by atoms with van der Waals surface area (Å²) in [5, 5.41) is 8.65. The minimum atomic E-state index is 0.0577. The van der Waals surface area contributed by atoms with E-state index in [-0.39, 0.29) is 12.1 Å². The second-order valence-electron chi connectivity index (χ2n) is 4.04. The van der Waals surface area contributed by atoms with Crippen LogP contribution in [-0.4, -0.2) is 17.3 Å². The Balaban J connectivity index is 2.29. The zero-order chi connectivity index (χ0) is 8.32. The molecular weight excluding hydrogens is 138 g/mol. The van der Waals surface area contributed by atoms with Crippen molar-refractivity contribution in [2.24, 2.45) is 11.7 Å². The quantitative estimate of drug-likeness (QED) is 0.648. The van der Waals surface area contributed by atoms with Crippen LogP contribution in [0.1, 0.15) is 39.0 Å². The van der Waals surface area contributed by atoms with Gasteiger partial charge in [0.2, 0.25) is 0 Å². The molecule has 1 aliphatic rings. The van der Waals surface area contributed by atoms with Gasteiger partial charge in [-0.15, -0.1) is 0 Å². The minimum Gasteiger partial charge on any atom is -0.396 e. The Morgan fingerprint density at radius 3 is 2.82 bits per heavy atom. The zero-order valence-electron chi connectivity index (χ0n) is 7.34. The Morgan fingerprint density at radius 2 is 2.36 bits per heavy atom. The summed E-state index contributed by atoms with van der Waals surface area (Å²) in [5.74, 6) is 0.790. The van der Waals surface area contributed by atoms with Gasteiger partial charge < -0.3 is 10.8 Å². The van der Waals surface area contributed by atoms with Gasteiger partial charge in [-0.3, -0.25) is 0 Å². The first-order valence-corrected chi connectivity index (χ1v) is 4.56. The first-order chi connectivity index (χ1) is 5.16. The SMILES string of the molecule is CC1CCC(N)(CCCO)C1. The van der Waals surface area contributed by atoms with Crippen molar-refractivity contribution >= 4 is 0 Å². The van der Waals surface area contributed by atoms with Crippen molar-refractivity contribution in [3.63, 3.8) is 0 Å². The average molecular weight is 157 g/mol. The van der Waals surface area contributed by atoms with Crippen molar-refractivity contribution in [1.82, 2.24) is 0 Å². The summed E-state index contributed by atoms with van der Waals surface area (Å²) in [6.45, 7) is 2.54. The Labute approximate surface area is 68.8 Å². The zero-order valence-corrected chi connectivity index (χ0v) is 7.34. The maximum absolute atomic E-state index is 8.65. The lowest BCUT2D eigenvalue weighted by molar-refractivity contribution is 0.259. The van der Waals surface area contributed by atoms with E-state index in [2.05, 4.69) is 6.92 Å². The van der Waals surface area contributed by atoms with Crippen LogP contribution in [0.5, 0.6) is 0 Å². The number of nitrogens with two attached hydrogens (primary N) is 1. The molecule has 1 fully saturated rings. The van der Waals surface area contributed by atoms with E-state index in [0.29, 0.717) is 0 Å². The highest BCUT2D eigenvalue weighted by molar-refractivity contribution is 4.91. The lowest BCUT2D eigenvalue weighted by atomic mass is 9.92. The molecule has 0 aliphatic heterocycles. The van der Waals surface area contributed by atoms with Crippen LogP contribution in [0, 0.1) is 5.92 Å². The van der Waals surface area contributed by atoms with Crippen LogP contribution in [0.25, 0.3) is 0 Å². The highest BCUT2D eigenvalue weighted by Crippen LogP contribution is 2.35. The van der Waals surface area contributed by atoms with Gasteiger partial charge in [-0.1, -0.05) is 6.92 Å². The van der Waals surface area contributed by atoms with Crippen molar-refractivity contribution < 1.29 is 5.11 Å². The highest BCUT2D eigenvalue weighted by atomic mass is 16.2. The van der Waals surface area contributed by atoms with Crippen LogP contribution >= 0.6 is 0 Å². The summed E-state index contributed by atoms with van der Waals surface area (Å²) in [4.78, 5) is 0. The Bertz CT molecular complexity index is 127. The number of hydrogen-bond donors (Lipinski definition) is 2. The van der Waals surface area contributed by atoms with Crippen LogP contribution in [0.2, 0.25) is 0 Å². The molecule has 2 nitrogen and oxygen atoms in total.